The van der Waals surface area contributed by atoms with Crippen molar-refractivity contribution in [2.75, 3.05) is 6.61 Å². The molecule has 0 amide bonds. The molecule has 3 atom stereocenters. The summed E-state index contributed by atoms with van der Waals surface area (Å²) in [5, 5.41) is 0. The van der Waals surface area contributed by atoms with E-state index in [1.807, 2.05) is 6.92 Å². The zero-order valence-corrected chi connectivity index (χ0v) is 8.54. The molecule has 3 unspecified atom stereocenters. The van der Waals surface area contributed by atoms with Crippen LogP contribution in [0.4, 0.5) is 0 Å². The van der Waals surface area contributed by atoms with E-state index in [1.54, 1.807) is 0 Å². The van der Waals surface area contributed by atoms with Crippen molar-refractivity contribution in [3.8, 4) is 0 Å². The molecule has 0 aromatic carbocycles. The van der Waals surface area contributed by atoms with Gasteiger partial charge in [-0.15, -0.1) is 0 Å². The third-order valence-corrected chi connectivity index (χ3v) is 3.21. The average molecular weight is 183 g/mol. The van der Waals surface area contributed by atoms with E-state index >= 15 is 0 Å². The monoisotopic (exact) mass is 183 g/mol. The lowest BCUT2D eigenvalue weighted by Gasteiger charge is -2.22. The summed E-state index contributed by atoms with van der Waals surface area (Å²) in [6.07, 6.45) is 2.35. The smallest absolute Gasteiger partial charge is 0.325 e. The number of carbonyl (C=O) groups is 1. The van der Waals surface area contributed by atoms with E-state index < -0.39 is 0 Å². The lowest BCUT2D eigenvalue weighted by atomic mass is 9.99. The number of piperidine rings is 1. The molecule has 3 nitrogen and oxygen atoms in total. The first kappa shape index (κ1) is 9.00. The quantitative estimate of drug-likeness (QED) is 0.475. The Morgan fingerprint density at radius 1 is 1.62 bits per heavy atom. The van der Waals surface area contributed by atoms with Crippen molar-refractivity contribution >= 4 is 5.97 Å². The van der Waals surface area contributed by atoms with Crippen LogP contribution in [0, 0.1) is 0 Å². The third kappa shape index (κ3) is 1.26. The van der Waals surface area contributed by atoms with E-state index in [0.29, 0.717) is 12.6 Å². The van der Waals surface area contributed by atoms with E-state index in [0.717, 1.165) is 6.42 Å². The van der Waals surface area contributed by atoms with Crippen LogP contribution in [-0.2, 0) is 9.53 Å². The Bertz CT molecular complexity index is 237. The summed E-state index contributed by atoms with van der Waals surface area (Å²) in [6, 6.07) is 0.553. The second kappa shape index (κ2) is 2.71. The fraction of sp³-hybridized carbons (Fsp3) is 0.900. The molecule has 2 heterocycles. The second-order valence-corrected chi connectivity index (χ2v) is 4.52. The van der Waals surface area contributed by atoms with Crippen LogP contribution in [0.2, 0.25) is 0 Å². The SMILES string of the molecule is CCOC(=O)C1C2CCC(C)(C)N21. The standard InChI is InChI=1S/C10H17NO2/c1-4-13-9(12)8-7-5-6-10(2,3)11(7)8/h7-8H,4-6H2,1-3H3. The van der Waals surface area contributed by atoms with Gasteiger partial charge < -0.3 is 4.74 Å². The highest BCUT2D eigenvalue weighted by atomic mass is 16.5. The van der Waals surface area contributed by atoms with Gasteiger partial charge in [0.2, 0.25) is 0 Å². The summed E-state index contributed by atoms with van der Waals surface area (Å²) in [5.74, 6) is -0.0275. The maximum absolute atomic E-state index is 11.4. The summed E-state index contributed by atoms with van der Waals surface area (Å²) in [4.78, 5) is 13.7. The zero-order chi connectivity index (χ0) is 9.64. The molecule has 0 N–H and O–H groups in total. The van der Waals surface area contributed by atoms with Crippen molar-refractivity contribution in [2.45, 2.75) is 51.2 Å². The first-order valence-corrected chi connectivity index (χ1v) is 5.03. The number of esters is 1. The Kier molecular flexibility index (Phi) is 1.88. The van der Waals surface area contributed by atoms with E-state index in [-0.39, 0.29) is 17.6 Å². The largest absolute Gasteiger partial charge is 0.465 e. The maximum atomic E-state index is 11.4. The lowest BCUT2D eigenvalue weighted by Crippen LogP contribution is -2.32. The Morgan fingerprint density at radius 2 is 2.31 bits per heavy atom. The first-order chi connectivity index (χ1) is 6.08. The van der Waals surface area contributed by atoms with Gasteiger partial charge in [0.25, 0.3) is 0 Å². The van der Waals surface area contributed by atoms with Gasteiger partial charge in [-0.2, -0.15) is 0 Å². The molecular weight excluding hydrogens is 166 g/mol. The molecule has 13 heavy (non-hydrogen) atoms. The summed E-state index contributed by atoms with van der Waals surface area (Å²) in [5.41, 5.74) is 0.210. The predicted octanol–water partition coefficient (Wildman–Crippen LogP) is 1.17. The predicted molar refractivity (Wildman–Crippen MR) is 49.4 cm³/mol. The molecule has 0 spiro atoms. The molecule has 0 bridgehead atoms. The van der Waals surface area contributed by atoms with Crippen LogP contribution < -0.4 is 0 Å². The van der Waals surface area contributed by atoms with Crippen LogP contribution in [0.15, 0.2) is 0 Å². The molecule has 0 aromatic heterocycles. The molecule has 2 aliphatic rings. The minimum absolute atomic E-state index is 0.0275. The van der Waals surface area contributed by atoms with Gasteiger partial charge in [-0.05, 0) is 33.6 Å². The normalized spacial score (nSPS) is 39.8. The number of nitrogens with zero attached hydrogens (tertiary/aromatic N) is 1. The van der Waals surface area contributed by atoms with Crippen molar-refractivity contribution in [1.29, 1.82) is 0 Å². The molecule has 0 saturated carbocycles. The van der Waals surface area contributed by atoms with Gasteiger partial charge in [-0.3, -0.25) is 9.69 Å². The molecule has 0 aliphatic carbocycles. The highest BCUT2D eigenvalue weighted by Gasteiger charge is 2.63. The molecular formula is C10H17NO2. The number of hydrogen-bond donors (Lipinski definition) is 0. The molecule has 3 heteroatoms. The Hall–Kier alpha value is -0.570. The zero-order valence-electron chi connectivity index (χ0n) is 8.54. The molecule has 2 saturated heterocycles. The average Bonchev–Trinajstić information content (AvgIpc) is 2.69. The number of hydrogen-bond acceptors (Lipinski definition) is 3. The van der Waals surface area contributed by atoms with Crippen LogP contribution in [0.5, 0.6) is 0 Å². The topological polar surface area (TPSA) is 29.3 Å². The number of fused-ring (bicyclic) bond motifs is 1. The van der Waals surface area contributed by atoms with E-state index in [9.17, 15) is 4.79 Å². The van der Waals surface area contributed by atoms with Crippen molar-refractivity contribution in [3.63, 3.8) is 0 Å². The van der Waals surface area contributed by atoms with Gasteiger partial charge in [-0.1, -0.05) is 0 Å². The fourth-order valence-corrected chi connectivity index (χ4v) is 2.53. The van der Waals surface area contributed by atoms with E-state index in [4.69, 9.17) is 4.74 Å². The van der Waals surface area contributed by atoms with Crippen molar-refractivity contribution in [2.24, 2.45) is 0 Å². The van der Waals surface area contributed by atoms with Gasteiger partial charge in [0, 0.05) is 11.6 Å². The number of rotatable bonds is 2. The molecule has 2 rings (SSSR count). The van der Waals surface area contributed by atoms with Crippen molar-refractivity contribution in [3.05, 3.63) is 0 Å². The van der Waals surface area contributed by atoms with E-state index in [2.05, 4.69) is 18.7 Å². The lowest BCUT2D eigenvalue weighted by molar-refractivity contribution is -0.144. The maximum Gasteiger partial charge on any atom is 0.325 e. The van der Waals surface area contributed by atoms with Crippen LogP contribution in [0.3, 0.4) is 0 Å². The van der Waals surface area contributed by atoms with Gasteiger partial charge in [-0.25, -0.2) is 0 Å². The Balaban J connectivity index is 1.98. The van der Waals surface area contributed by atoms with Gasteiger partial charge >= 0.3 is 5.97 Å². The second-order valence-electron chi connectivity index (χ2n) is 4.52. The number of ether oxygens (including phenoxy) is 1. The van der Waals surface area contributed by atoms with Gasteiger partial charge in [0.1, 0.15) is 6.04 Å². The van der Waals surface area contributed by atoms with Gasteiger partial charge in [0.05, 0.1) is 6.61 Å². The van der Waals surface area contributed by atoms with E-state index in [1.165, 1.54) is 6.42 Å². The molecule has 2 aliphatic heterocycles. The van der Waals surface area contributed by atoms with Crippen LogP contribution in [-0.4, -0.2) is 35.1 Å². The summed E-state index contributed by atoms with van der Waals surface area (Å²) >= 11 is 0. The van der Waals surface area contributed by atoms with Crippen molar-refractivity contribution in [1.82, 2.24) is 4.90 Å². The fourth-order valence-electron chi connectivity index (χ4n) is 2.53. The summed E-state index contributed by atoms with van der Waals surface area (Å²) < 4.78 is 5.01. The highest BCUT2D eigenvalue weighted by Crippen LogP contribution is 2.49. The highest BCUT2D eigenvalue weighted by molar-refractivity contribution is 5.80. The van der Waals surface area contributed by atoms with Gasteiger partial charge in [0.15, 0.2) is 0 Å². The molecule has 2 fully saturated rings. The molecule has 0 aromatic rings. The minimum atomic E-state index is -0.0275. The third-order valence-electron chi connectivity index (χ3n) is 3.21. The van der Waals surface area contributed by atoms with Crippen LogP contribution in [0.25, 0.3) is 0 Å². The van der Waals surface area contributed by atoms with Crippen molar-refractivity contribution < 1.29 is 9.53 Å². The minimum Gasteiger partial charge on any atom is -0.465 e. The van der Waals surface area contributed by atoms with Crippen LogP contribution >= 0.6 is 0 Å². The summed E-state index contributed by atoms with van der Waals surface area (Å²) in [7, 11) is 0. The Morgan fingerprint density at radius 3 is 2.77 bits per heavy atom. The molecule has 0 radical (unpaired) electrons. The summed E-state index contributed by atoms with van der Waals surface area (Å²) in [6.45, 7) is 6.76. The Labute approximate surface area is 79.0 Å². The molecule has 74 valence electrons. The first-order valence-electron chi connectivity index (χ1n) is 5.03. The number of carbonyl (C=O) groups excluding carboxylic acids is 1. The van der Waals surface area contributed by atoms with Crippen LogP contribution in [0.1, 0.15) is 33.6 Å².